The molecule has 1 aliphatic rings. The van der Waals surface area contributed by atoms with Crippen LogP contribution in [-0.4, -0.2) is 26.4 Å². The van der Waals surface area contributed by atoms with E-state index >= 15 is 0 Å². The van der Waals surface area contributed by atoms with Gasteiger partial charge in [-0.25, -0.2) is 0 Å². The molecule has 172 valence electrons. The zero-order chi connectivity index (χ0) is 23.2. The summed E-state index contributed by atoms with van der Waals surface area (Å²) in [6.07, 6.45) is 0. The zero-order valence-electron chi connectivity index (χ0n) is 18.9. The standard InChI is InChI=1S/C24H30O6P2/c1-5-27-31(25,28-6-2)23-21(19-15-11-9-12-16-19)24(32(26,29-7-3)30-8-4)22(23)20-17-13-10-14-18-20/h9-18H,5-8H2,1-4H3. The van der Waals surface area contributed by atoms with Crippen LogP contribution in [0, 0.1) is 0 Å². The third kappa shape index (κ3) is 4.77. The quantitative estimate of drug-likeness (QED) is 0.298. The molecular weight excluding hydrogens is 446 g/mol. The second-order valence-electron chi connectivity index (χ2n) is 6.85. The molecule has 0 saturated carbocycles. The second kappa shape index (κ2) is 10.9. The van der Waals surface area contributed by atoms with Crippen molar-refractivity contribution < 1.29 is 27.2 Å². The molecule has 0 radical (unpaired) electrons. The summed E-state index contributed by atoms with van der Waals surface area (Å²) in [5.41, 5.74) is 2.58. The largest absolute Gasteiger partial charge is 0.362 e. The lowest BCUT2D eigenvalue weighted by Gasteiger charge is -2.37. The molecule has 0 amide bonds. The first-order valence-corrected chi connectivity index (χ1v) is 13.9. The second-order valence-corrected chi connectivity index (χ2v) is 10.8. The minimum Gasteiger partial charge on any atom is -0.305 e. The lowest BCUT2D eigenvalue weighted by Crippen LogP contribution is -2.17. The summed E-state index contributed by atoms with van der Waals surface area (Å²) < 4.78 is 51.0. The highest BCUT2D eigenvalue weighted by Gasteiger charge is 2.51. The normalized spacial score (nSPS) is 14.6. The summed E-state index contributed by atoms with van der Waals surface area (Å²) in [6.45, 7) is 7.89. The van der Waals surface area contributed by atoms with Gasteiger partial charge in [-0.05, 0) is 38.8 Å². The average Bonchev–Trinajstić information content (AvgIpc) is 2.75. The van der Waals surface area contributed by atoms with Gasteiger partial charge < -0.3 is 18.1 Å². The van der Waals surface area contributed by atoms with Crippen LogP contribution in [0.15, 0.2) is 71.3 Å². The highest BCUT2D eigenvalue weighted by molar-refractivity contribution is 7.63. The third-order valence-corrected chi connectivity index (χ3v) is 9.20. The van der Waals surface area contributed by atoms with E-state index < -0.39 is 15.2 Å². The molecule has 0 bridgehead atoms. The van der Waals surface area contributed by atoms with Gasteiger partial charge in [0.15, 0.2) is 0 Å². The molecule has 0 spiro atoms. The van der Waals surface area contributed by atoms with Crippen LogP contribution < -0.4 is 0 Å². The first-order valence-electron chi connectivity index (χ1n) is 10.8. The Balaban J connectivity index is 2.37. The van der Waals surface area contributed by atoms with Gasteiger partial charge in [0.2, 0.25) is 0 Å². The Labute approximate surface area is 190 Å². The van der Waals surface area contributed by atoms with E-state index in [0.29, 0.717) is 21.8 Å². The Bertz CT molecular complexity index is 958. The maximum atomic E-state index is 14.0. The summed E-state index contributed by atoms with van der Waals surface area (Å²) in [5, 5.41) is 0.821. The van der Waals surface area contributed by atoms with E-state index in [1.165, 1.54) is 0 Å². The van der Waals surface area contributed by atoms with E-state index in [9.17, 15) is 9.13 Å². The first kappa shape index (κ1) is 24.9. The zero-order valence-corrected chi connectivity index (χ0v) is 20.7. The fourth-order valence-corrected chi connectivity index (χ4v) is 7.99. The maximum Gasteiger partial charge on any atom is 0.362 e. The minimum absolute atomic E-state index is 0.203. The van der Waals surface area contributed by atoms with Gasteiger partial charge in [-0.15, -0.1) is 0 Å². The molecule has 3 rings (SSSR count). The molecule has 0 saturated heterocycles. The van der Waals surface area contributed by atoms with Crippen LogP contribution in [0.2, 0.25) is 0 Å². The Hall–Kier alpha value is -1.78. The van der Waals surface area contributed by atoms with Crippen LogP contribution in [0.4, 0.5) is 0 Å². The fraction of sp³-hybridized carbons (Fsp3) is 0.333. The van der Waals surface area contributed by atoms with Crippen molar-refractivity contribution in [3.63, 3.8) is 0 Å². The van der Waals surface area contributed by atoms with Crippen LogP contribution in [-0.2, 0) is 27.2 Å². The van der Waals surface area contributed by atoms with E-state index in [0.717, 1.165) is 11.1 Å². The Morgan fingerprint density at radius 1 is 0.531 bits per heavy atom. The Morgan fingerprint density at radius 2 is 0.812 bits per heavy atom. The topological polar surface area (TPSA) is 71.1 Å². The van der Waals surface area contributed by atoms with Crippen molar-refractivity contribution in [1.82, 2.24) is 0 Å². The van der Waals surface area contributed by atoms with Gasteiger partial charge >= 0.3 is 15.2 Å². The van der Waals surface area contributed by atoms with Crippen LogP contribution >= 0.6 is 15.2 Å². The van der Waals surface area contributed by atoms with Crippen molar-refractivity contribution in [3.8, 4) is 0 Å². The summed E-state index contributed by atoms with van der Waals surface area (Å²) in [4.78, 5) is 0. The monoisotopic (exact) mass is 476 g/mol. The lowest BCUT2D eigenvalue weighted by atomic mass is 9.88. The van der Waals surface area contributed by atoms with Gasteiger partial charge in [-0.2, -0.15) is 0 Å². The predicted molar refractivity (Wildman–Crippen MR) is 128 cm³/mol. The van der Waals surface area contributed by atoms with Gasteiger partial charge in [-0.1, -0.05) is 60.7 Å². The summed E-state index contributed by atoms with van der Waals surface area (Å²) in [6, 6.07) is 18.8. The molecule has 0 atom stereocenters. The highest BCUT2D eigenvalue weighted by Crippen LogP contribution is 2.76. The number of hydrogen-bond acceptors (Lipinski definition) is 6. The minimum atomic E-state index is -3.72. The molecule has 0 N–H and O–H groups in total. The van der Waals surface area contributed by atoms with Crippen LogP contribution in [0.1, 0.15) is 38.8 Å². The predicted octanol–water partition coefficient (Wildman–Crippen LogP) is 7.35. The highest BCUT2D eigenvalue weighted by atomic mass is 31.2. The molecule has 1 aliphatic carbocycles. The average molecular weight is 476 g/mol. The Kier molecular flexibility index (Phi) is 8.46. The van der Waals surface area contributed by atoms with E-state index in [2.05, 4.69) is 0 Å². The fourth-order valence-electron chi connectivity index (χ4n) is 3.73. The van der Waals surface area contributed by atoms with Crippen LogP contribution in [0.5, 0.6) is 0 Å². The van der Waals surface area contributed by atoms with Gasteiger partial charge in [0.25, 0.3) is 0 Å². The van der Waals surface area contributed by atoms with E-state index in [1.807, 2.05) is 60.7 Å². The number of hydrogen-bond donors (Lipinski definition) is 0. The van der Waals surface area contributed by atoms with Gasteiger partial charge in [0.05, 0.1) is 37.1 Å². The molecule has 0 unspecified atom stereocenters. The smallest absolute Gasteiger partial charge is 0.305 e. The third-order valence-electron chi connectivity index (χ3n) is 4.82. The SMILES string of the molecule is CCOP(=O)(OCC)C1=C(c2ccccc2)C(P(=O)(OCC)OCC)=C1c1ccccc1. The van der Waals surface area contributed by atoms with Gasteiger partial charge in [-0.3, -0.25) is 9.13 Å². The van der Waals surface area contributed by atoms with Crippen molar-refractivity contribution in [3.05, 3.63) is 82.4 Å². The van der Waals surface area contributed by atoms with Crippen molar-refractivity contribution in [2.75, 3.05) is 26.4 Å². The molecular formula is C24H30O6P2. The molecule has 32 heavy (non-hydrogen) atoms. The summed E-state index contributed by atoms with van der Waals surface area (Å²) in [7, 11) is -7.44. The summed E-state index contributed by atoms with van der Waals surface area (Å²) in [5.74, 6) is 0. The van der Waals surface area contributed by atoms with Crippen molar-refractivity contribution in [2.24, 2.45) is 0 Å². The van der Waals surface area contributed by atoms with E-state index in [4.69, 9.17) is 18.1 Å². The van der Waals surface area contributed by atoms with Crippen molar-refractivity contribution in [1.29, 1.82) is 0 Å². The molecule has 0 aromatic heterocycles. The van der Waals surface area contributed by atoms with Crippen LogP contribution in [0.25, 0.3) is 11.1 Å². The number of rotatable bonds is 12. The molecule has 2 aromatic carbocycles. The van der Waals surface area contributed by atoms with Crippen LogP contribution in [0.3, 0.4) is 0 Å². The number of benzene rings is 2. The molecule has 2 aromatic rings. The maximum absolute atomic E-state index is 14.0. The Morgan fingerprint density at radius 3 is 1.06 bits per heavy atom. The van der Waals surface area contributed by atoms with Crippen molar-refractivity contribution >= 4 is 26.3 Å². The number of allylic oxidation sites excluding steroid dienone is 4. The van der Waals surface area contributed by atoms with Gasteiger partial charge in [0, 0.05) is 11.1 Å². The van der Waals surface area contributed by atoms with E-state index in [1.54, 1.807) is 27.7 Å². The van der Waals surface area contributed by atoms with Gasteiger partial charge in [0.1, 0.15) is 0 Å². The van der Waals surface area contributed by atoms with Crippen molar-refractivity contribution in [2.45, 2.75) is 27.7 Å². The molecule has 0 heterocycles. The first-order chi connectivity index (χ1) is 15.5. The molecule has 6 nitrogen and oxygen atoms in total. The van der Waals surface area contributed by atoms with E-state index in [-0.39, 0.29) is 26.4 Å². The molecule has 8 heteroatoms. The molecule has 0 fully saturated rings. The summed E-state index contributed by atoms with van der Waals surface area (Å²) >= 11 is 0. The lowest BCUT2D eigenvalue weighted by molar-refractivity contribution is 0.226. The molecule has 0 aliphatic heterocycles.